The molecule has 0 aromatic heterocycles. The summed E-state index contributed by atoms with van der Waals surface area (Å²) in [5.41, 5.74) is 0.551. The molecule has 0 radical (unpaired) electrons. The van der Waals surface area contributed by atoms with Crippen LogP contribution >= 0.6 is 11.6 Å². The molecule has 1 saturated heterocycles. The number of carbonyl (C=O) groups excluding carboxylic acids is 1. The third kappa shape index (κ3) is 2.91. The summed E-state index contributed by atoms with van der Waals surface area (Å²) in [6.07, 6.45) is 4.52. The van der Waals surface area contributed by atoms with Crippen LogP contribution in [0.15, 0.2) is 18.2 Å². The lowest BCUT2D eigenvalue weighted by Crippen LogP contribution is -2.31. The Morgan fingerprint density at radius 1 is 1.18 bits per heavy atom. The van der Waals surface area contributed by atoms with Gasteiger partial charge in [0.05, 0.1) is 5.02 Å². The van der Waals surface area contributed by atoms with Gasteiger partial charge in [-0.05, 0) is 31.0 Å². The van der Waals surface area contributed by atoms with E-state index >= 15 is 0 Å². The first-order valence-corrected chi connectivity index (χ1v) is 6.34. The summed E-state index contributed by atoms with van der Waals surface area (Å²) in [5, 5.41) is 9.55. The minimum absolute atomic E-state index is 0.00815. The quantitative estimate of drug-likeness (QED) is 0.836. The summed E-state index contributed by atoms with van der Waals surface area (Å²) in [6, 6.07) is 4.62. The second-order valence-electron chi connectivity index (χ2n) is 4.37. The van der Waals surface area contributed by atoms with Crippen LogP contribution in [0.5, 0.6) is 5.75 Å². The molecule has 0 bridgehead atoms. The van der Waals surface area contributed by atoms with Gasteiger partial charge in [-0.15, -0.1) is 0 Å². The zero-order chi connectivity index (χ0) is 12.3. The highest BCUT2D eigenvalue weighted by Crippen LogP contribution is 2.24. The van der Waals surface area contributed by atoms with Gasteiger partial charge in [-0.2, -0.15) is 0 Å². The summed E-state index contributed by atoms with van der Waals surface area (Å²) in [7, 11) is 0. The van der Waals surface area contributed by atoms with Gasteiger partial charge in [0, 0.05) is 18.7 Å². The van der Waals surface area contributed by atoms with Crippen molar-refractivity contribution in [3.8, 4) is 5.75 Å². The number of halogens is 1. The first-order chi connectivity index (χ1) is 8.18. The molecule has 0 saturated carbocycles. The lowest BCUT2D eigenvalue weighted by molar-refractivity contribution is 0.0761. The number of aromatic hydroxyl groups is 1. The van der Waals surface area contributed by atoms with Crippen LogP contribution in [-0.2, 0) is 0 Å². The zero-order valence-electron chi connectivity index (χ0n) is 9.66. The van der Waals surface area contributed by atoms with Gasteiger partial charge in [0.1, 0.15) is 5.75 Å². The fourth-order valence-electron chi connectivity index (χ4n) is 2.10. The van der Waals surface area contributed by atoms with E-state index in [2.05, 4.69) is 0 Å². The molecule has 1 aliphatic rings. The maximum absolute atomic E-state index is 12.2. The van der Waals surface area contributed by atoms with Crippen molar-refractivity contribution in [2.45, 2.75) is 25.7 Å². The molecule has 92 valence electrons. The standard InChI is InChI=1S/C13H16ClNO2/c14-11-9-10(5-6-12(11)16)13(17)15-7-3-1-2-4-8-15/h5-6,9,16H,1-4,7-8H2. The molecule has 1 N–H and O–H groups in total. The predicted octanol–water partition coefficient (Wildman–Crippen LogP) is 3.06. The molecule has 1 amide bonds. The van der Waals surface area contributed by atoms with Crippen LogP contribution in [0.1, 0.15) is 36.0 Å². The van der Waals surface area contributed by atoms with Gasteiger partial charge in [0.25, 0.3) is 5.91 Å². The highest BCUT2D eigenvalue weighted by Gasteiger charge is 2.17. The molecule has 0 atom stereocenters. The molecular weight excluding hydrogens is 238 g/mol. The Kier molecular flexibility index (Phi) is 3.89. The van der Waals surface area contributed by atoms with Crippen LogP contribution in [0.3, 0.4) is 0 Å². The largest absolute Gasteiger partial charge is 0.506 e. The summed E-state index contributed by atoms with van der Waals surface area (Å²) >= 11 is 5.81. The molecule has 4 heteroatoms. The van der Waals surface area contributed by atoms with Crippen LogP contribution in [-0.4, -0.2) is 29.0 Å². The Morgan fingerprint density at radius 2 is 1.82 bits per heavy atom. The molecule has 1 aromatic carbocycles. The molecule has 1 fully saturated rings. The first-order valence-electron chi connectivity index (χ1n) is 5.96. The highest BCUT2D eigenvalue weighted by molar-refractivity contribution is 6.32. The van der Waals surface area contributed by atoms with E-state index in [1.807, 2.05) is 4.90 Å². The summed E-state index contributed by atoms with van der Waals surface area (Å²) in [4.78, 5) is 14.1. The highest BCUT2D eigenvalue weighted by atomic mass is 35.5. The fourth-order valence-corrected chi connectivity index (χ4v) is 2.28. The van der Waals surface area contributed by atoms with Crippen LogP contribution in [0.25, 0.3) is 0 Å². The van der Waals surface area contributed by atoms with Crippen molar-refractivity contribution in [1.29, 1.82) is 0 Å². The normalized spacial score (nSPS) is 16.6. The molecule has 1 aromatic rings. The third-order valence-electron chi connectivity index (χ3n) is 3.09. The molecule has 1 heterocycles. The molecule has 0 aliphatic carbocycles. The Balaban J connectivity index is 2.14. The van der Waals surface area contributed by atoms with Crippen molar-refractivity contribution in [2.24, 2.45) is 0 Å². The lowest BCUT2D eigenvalue weighted by Gasteiger charge is -2.20. The average Bonchev–Trinajstić information content (AvgIpc) is 2.60. The Bertz CT molecular complexity index is 412. The monoisotopic (exact) mass is 253 g/mol. The Hall–Kier alpha value is -1.22. The number of likely N-dealkylation sites (tertiary alicyclic amines) is 1. The molecule has 3 nitrogen and oxygen atoms in total. The van der Waals surface area contributed by atoms with Gasteiger partial charge >= 0.3 is 0 Å². The number of phenolic OH excluding ortho intramolecular Hbond substituents is 1. The molecular formula is C13H16ClNO2. The Labute approximate surface area is 106 Å². The SMILES string of the molecule is O=C(c1ccc(O)c(Cl)c1)N1CCCCCC1. The van der Waals surface area contributed by atoms with Gasteiger partial charge < -0.3 is 10.0 Å². The summed E-state index contributed by atoms with van der Waals surface area (Å²) < 4.78 is 0. The van der Waals surface area contributed by atoms with E-state index in [1.165, 1.54) is 25.0 Å². The second-order valence-corrected chi connectivity index (χ2v) is 4.78. The van der Waals surface area contributed by atoms with E-state index < -0.39 is 0 Å². The smallest absolute Gasteiger partial charge is 0.253 e. The van der Waals surface area contributed by atoms with Crippen molar-refractivity contribution in [1.82, 2.24) is 4.90 Å². The van der Waals surface area contributed by atoms with Crippen molar-refractivity contribution in [3.05, 3.63) is 28.8 Å². The van der Waals surface area contributed by atoms with Crippen molar-refractivity contribution in [3.63, 3.8) is 0 Å². The van der Waals surface area contributed by atoms with E-state index in [1.54, 1.807) is 6.07 Å². The number of phenols is 1. The maximum atomic E-state index is 12.2. The number of hydrogen-bond acceptors (Lipinski definition) is 2. The second kappa shape index (κ2) is 5.41. The number of rotatable bonds is 1. The molecule has 1 aliphatic heterocycles. The van der Waals surface area contributed by atoms with E-state index in [0.29, 0.717) is 5.56 Å². The molecule has 0 unspecified atom stereocenters. The van der Waals surface area contributed by atoms with E-state index in [-0.39, 0.29) is 16.7 Å². The van der Waals surface area contributed by atoms with Crippen molar-refractivity contribution in [2.75, 3.05) is 13.1 Å². The summed E-state index contributed by atoms with van der Waals surface area (Å²) in [5.74, 6) is 0.0212. The minimum Gasteiger partial charge on any atom is -0.506 e. The lowest BCUT2D eigenvalue weighted by atomic mass is 10.2. The van der Waals surface area contributed by atoms with Crippen LogP contribution < -0.4 is 0 Å². The van der Waals surface area contributed by atoms with E-state index in [4.69, 9.17) is 11.6 Å². The van der Waals surface area contributed by atoms with Crippen LogP contribution in [0.2, 0.25) is 5.02 Å². The minimum atomic E-state index is 0.00815. The van der Waals surface area contributed by atoms with Crippen LogP contribution in [0, 0.1) is 0 Å². The zero-order valence-corrected chi connectivity index (χ0v) is 10.4. The van der Waals surface area contributed by atoms with Crippen LogP contribution in [0.4, 0.5) is 0 Å². The third-order valence-corrected chi connectivity index (χ3v) is 3.39. The van der Waals surface area contributed by atoms with E-state index in [0.717, 1.165) is 25.9 Å². The number of amides is 1. The van der Waals surface area contributed by atoms with Gasteiger partial charge in [-0.3, -0.25) is 4.79 Å². The number of benzene rings is 1. The number of carbonyl (C=O) groups is 1. The average molecular weight is 254 g/mol. The van der Waals surface area contributed by atoms with Gasteiger partial charge in [-0.1, -0.05) is 24.4 Å². The maximum Gasteiger partial charge on any atom is 0.253 e. The molecule has 2 rings (SSSR count). The van der Waals surface area contributed by atoms with Crippen molar-refractivity contribution >= 4 is 17.5 Å². The molecule has 17 heavy (non-hydrogen) atoms. The Morgan fingerprint density at radius 3 is 2.41 bits per heavy atom. The first kappa shape index (κ1) is 12.2. The van der Waals surface area contributed by atoms with Gasteiger partial charge in [0.15, 0.2) is 0 Å². The number of nitrogens with zero attached hydrogens (tertiary/aromatic N) is 1. The fraction of sp³-hybridized carbons (Fsp3) is 0.462. The van der Waals surface area contributed by atoms with E-state index in [9.17, 15) is 9.90 Å². The molecule has 0 spiro atoms. The van der Waals surface area contributed by atoms with Gasteiger partial charge in [0.2, 0.25) is 0 Å². The van der Waals surface area contributed by atoms with Gasteiger partial charge in [-0.25, -0.2) is 0 Å². The summed E-state index contributed by atoms with van der Waals surface area (Å²) in [6.45, 7) is 1.63. The number of hydrogen-bond donors (Lipinski definition) is 1. The van der Waals surface area contributed by atoms with Crippen molar-refractivity contribution < 1.29 is 9.90 Å². The predicted molar refractivity (Wildman–Crippen MR) is 67.5 cm³/mol. The topological polar surface area (TPSA) is 40.5 Å².